The largest absolute Gasteiger partial charge is 0.478 e. The smallest absolute Gasteiger partial charge is 0.335 e. The zero-order valence-corrected chi connectivity index (χ0v) is 22.0. The number of nitrogens with two attached hydrogens (primary N) is 1. The fraction of sp³-hybridized carbons (Fsp3) is 0.276. The first-order valence-corrected chi connectivity index (χ1v) is 12.9. The van der Waals surface area contributed by atoms with E-state index < -0.39 is 30.1 Å². The highest BCUT2D eigenvalue weighted by Crippen LogP contribution is 2.44. The fourth-order valence-electron chi connectivity index (χ4n) is 4.54. The maximum atomic E-state index is 15.4. The standard InChI is InChI=1S/C29H25ClF2N2O6/c1-14-3-2-4-19(30)24(14)25(33)18(26(36)15-5-6-15)13-39-23-10-9-20-27(34-23)29(31,32)22(35)12-16-7-8-17(28(37)38)11-21(16)40-20/h2-4,7-11,15,22,35H,5-6,12-13,33H2,1H3,(H,37,38). The first-order valence-electron chi connectivity index (χ1n) is 12.5. The monoisotopic (exact) mass is 570 g/mol. The molecule has 1 unspecified atom stereocenters. The van der Waals surface area contributed by atoms with Gasteiger partial charge in [-0.3, -0.25) is 4.79 Å². The van der Waals surface area contributed by atoms with Gasteiger partial charge in [0, 0.05) is 24.0 Å². The van der Waals surface area contributed by atoms with E-state index in [-0.39, 0.29) is 58.1 Å². The van der Waals surface area contributed by atoms with E-state index in [9.17, 15) is 19.8 Å². The summed E-state index contributed by atoms with van der Waals surface area (Å²) < 4.78 is 42.1. The number of carboxylic acids is 1. The summed E-state index contributed by atoms with van der Waals surface area (Å²) in [6, 6.07) is 11.4. The number of aliphatic hydroxyl groups excluding tert-OH is 1. The first kappa shape index (κ1) is 27.5. The van der Waals surface area contributed by atoms with Crippen LogP contribution in [0.5, 0.6) is 17.4 Å². The molecule has 3 aromatic rings. The Morgan fingerprint density at radius 2 is 1.93 bits per heavy atom. The third kappa shape index (κ3) is 5.24. The van der Waals surface area contributed by atoms with Crippen molar-refractivity contribution >= 4 is 29.1 Å². The van der Waals surface area contributed by atoms with Crippen molar-refractivity contribution in [3.05, 3.63) is 87.1 Å². The van der Waals surface area contributed by atoms with Crippen LogP contribution in [0.3, 0.4) is 0 Å². The van der Waals surface area contributed by atoms with Crippen LogP contribution in [0.1, 0.15) is 45.6 Å². The lowest BCUT2D eigenvalue weighted by molar-refractivity contribution is -0.119. The van der Waals surface area contributed by atoms with E-state index in [1.54, 1.807) is 25.1 Å². The van der Waals surface area contributed by atoms with Gasteiger partial charge in [0.25, 0.3) is 0 Å². The van der Waals surface area contributed by atoms with Crippen LogP contribution in [0.4, 0.5) is 8.78 Å². The Hall–Kier alpha value is -4.02. The lowest BCUT2D eigenvalue weighted by atomic mass is 9.97. The van der Waals surface area contributed by atoms with E-state index >= 15 is 8.78 Å². The quantitative estimate of drug-likeness (QED) is 0.327. The van der Waals surface area contributed by atoms with Crippen LogP contribution < -0.4 is 15.2 Å². The molecule has 0 amide bonds. The number of fused-ring (bicyclic) bond motifs is 2. The predicted octanol–water partition coefficient (Wildman–Crippen LogP) is 5.27. The van der Waals surface area contributed by atoms with Gasteiger partial charge in [-0.1, -0.05) is 29.8 Å². The molecule has 0 radical (unpaired) electrons. The number of carbonyl (C=O) groups excluding carboxylic acids is 1. The van der Waals surface area contributed by atoms with Crippen LogP contribution in [0, 0.1) is 12.8 Å². The molecular weight excluding hydrogens is 546 g/mol. The average molecular weight is 571 g/mol. The number of halogens is 3. The summed E-state index contributed by atoms with van der Waals surface area (Å²) in [6.45, 7) is 1.45. The molecule has 1 saturated carbocycles. The molecule has 1 aromatic heterocycles. The van der Waals surface area contributed by atoms with Crippen molar-refractivity contribution in [1.82, 2.24) is 4.98 Å². The molecule has 8 nitrogen and oxygen atoms in total. The highest BCUT2D eigenvalue weighted by molar-refractivity contribution is 6.32. The first-order chi connectivity index (χ1) is 19.0. The van der Waals surface area contributed by atoms with Crippen LogP contribution in [0.2, 0.25) is 5.02 Å². The number of alkyl halides is 2. The second kappa shape index (κ2) is 10.5. The molecule has 5 rings (SSSR count). The van der Waals surface area contributed by atoms with Crippen molar-refractivity contribution in [3.8, 4) is 17.4 Å². The number of ether oxygens (including phenoxy) is 2. The van der Waals surface area contributed by atoms with Gasteiger partial charge in [-0.15, -0.1) is 0 Å². The summed E-state index contributed by atoms with van der Waals surface area (Å²) in [5, 5.41) is 20.1. The van der Waals surface area contributed by atoms with Crippen LogP contribution in [-0.4, -0.2) is 39.7 Å². The van der Waals surface area contributed by atoms with Gasteiger partial charge in [0.15, 0.2) is 17.2 Å². The van der Waals surface area contributed by atoms with Crippen molar-refractivity contribution in [3.63, 3.8) is 0 Å². The molecule has 0 spiro atoms. The minimum atomic E-state index is -3.84. The van der Waals surface area contributed by atoms with Crippen LogP contribution >= 0.6 is 11.6 Å². The minimum Gasteiger partial charge on any atom is -0.478 e. The molecule has 208 valence electrons. The lowest BCUT2D eigenvalue weighted by Crippen LogP contribution is -2.35. The third-order valence-electron chi connectivity index (χ3n) is 6.94. The van der Waals surface area contributed by atoms with Gasteiger partial charge in [-0.05, 0) is 55.2 Å². The van der Waals surface area contributed by atoms with Crippen molar-refractivity contribution in [2.45, 2.75) is 38.2 Å². The molecule has 11 heteroatoms. The molecule has 1 fully saturated rings. The van der Waals surface area contributed by atoms with E-state index in [0.717, 1.165) is 5.56 Å². The van der Waals surface area contributed by atoms with E-state index in [1.807, 2.05) is 0 Å². The molecule has 40 heavy (non-hydrogen) atoms. The minimum absolute atomic E-state index is 0.00861. The second-order valence-electron chi connectivity index (χ2n) is 9.82. The zero-order valence-electron chi connectivity index (χ0n) is 21.3. The van der Waals surface area contributed by atoms with Gasteiger partial charge in [0.1, 0.15) is 18.5 Å². The molecule has 1 aliphatic carbocycles. The number of carboxylic acid groups (broad SMARTS) is 1. The number of benzene rings is 2. The average Bonchev–Trinajstić information content (AvgIpc) is 3.75. The van der Waals surface area contributed by atoms with Crippen molar-refractivity contribution in [2.24, 2.45) is 11.7 Å². The number of aromatic nitrogens is 1. The topological polar surface area (TPSA) is 132 Å². The van der Waals surface area contributed by atoms with Gasteiger partial charge >= 0.3 is 11.9 Å². The highest BCUT2D eigenvalue weighted by Gasteiger charge is 2.46. The molecule has 2 aliphatic rings. The Morgan fingerprint density at radius 3 is 2.60 bits per heavy atom. The Balaban J connectivity index is 1.50. The molecule has 0 bridgehead atoms. The number of ketones is 1. The van der Waals surface area contributed by atoms with Gasteiger partial charge in [0.2, 0.25) is 5.88 Å². The molecular formula is C29H25ClF2N2O6. The summed E-state index contributed by atoms with van der Waals surface area (Å²) in [4.78, 5) is 28.5. The van der Waals surface area contributed by atoms with Crippen molar-refractivity contribution < 1.29 is 38.1 Å². The highest BCUT2D eigenvalue weighted by atomic mass is 35.5. The Kier molecular flexibility index (Phi) is 7.24. The SMILES string of the molecule is Cc1cccc(Cl)c1C(N)=C(COc1ccc2c(n1)C(F)(F)C(O)Cc1ccc(C(=O)O)cc1O2)C(=O)C1CC1. The Morgan fingerprint density at radius 1 is 1.18 bits per heavy atom. The van der Waals surface area contributed by atoms with Gasteiger partial charge in [-0.25, -0.2) is 9.78 Å². The summed E-state index contributed by atoms with van der Waals surface area (Å²) in [7, 11) is 0. The number of nitrogens with zero attached hydrogens (tertiary/aromatic N) is 1. The molecule has 2 aromatic carbocycles. The zero-order chi connectivity index (χ0) is 28.8. The molecule has 4 N–H and O–H groups in total. The van der Waals surface area contributed by atoms with Gasteiger partial charge in [-0.2, -0.15) is 8.78 Å². The molecule has 1 atom stereocenters. The van der Waals surface area contributed by atoms with E-state index in [4.69, 9.17) is 26.8 Å². The number of rotatable bonds is 7. The predicted molar refractivity (Wildman–Crippen MR) is 142 cm³/mol. The van der Waals surface area contributed by atoms with Gasteiger partial charge < -0.3 is 25.4 Å². The number of carbonyl (C=O) groups is 2. The number of aliphatic hydroxyl groups is 1. The van der Waals surface area contributed by atoms with Crippen LogP contribution in [0.15, 0.2) is 54.1 Å². The number of Topliss-reactive ketones (excluding diaryl/α,β-unsaturated/α-hetero) is 1. The maximum absolute atomic E-state index is 15.4. The van der Waals surface area contributed by atoms with Crippen LogP contribution in [-0.2, 0) is 17.1 Å². The summed E-state index contributed by atoms with van der Waals surface area (Å²) >= 11 is 6.37. The molecule has 0 saturated heterocycles. The molecule has 1 aliphatic heterocycles. The summed E-state index contributed by atoms with van der Waals surface area (Å²) in [5.74, 6) is -6.10. The normalized spacial score (nSPS) is 18.3. The van der Waals surface area contributed by atoms with Crippen molar-refractivity contribution in [2.75, 3.05) is 6.61 Å². The van der Waals surface area contributed by atoms with Crippen LogP contribution in [0.25, 0.3) is 5.70 Å². The second-order valence-corrected chi connectivity index (χ2v) is 10.2. The maximum Gasteiger partial charge on any atom is 0.335 e. The third-order valence-corrected chi connectivity index (χ3v) is 7.26. The Labute approximate surface area is 233 Å². The number of aromatic carboxylic acids is 1. The lowest BCUT2D eigenvalue weighted by Gasteiger charge is -2.28. The van der Waals surface area contributed by atoms with Gasteiger partial charge in [0.05, 0.1) is 21.9 Å². The number of pyridine rings is 1. The number of hydrogen-bond acceptors (Lipinski definition) is 7. The number of aryl methyl sites for hydroxylation is 1. The van der Waals surface area contributed by atoms with E-state index in [1.165, 1.54) is 30.3 Å². The fourth-order valence-corrected chi connectivity index (χ4v) is 4.86. The summed E-state index contributed by atoms with van der Waals surface area (Å²) in [6.07, 6.45) is -1.27. The van der Waals surface area contributed by atoms with E-state index in [2.05, 4.69) is 4.98 Å². The van der Waals surface area contributed by atoms with E-state index in [0.29, 0.717) is 23.4 Å². The number of hydrogen-bond donors (Lipinski definition) is 3. The summed E-state index contributed by atoms with van der Waals surface area (Å²) in [5.41, 5.74) is 7.17. The Bertz CT molecular complexity index is 1530. The molecule has 2 heterocycles. The van der Waals surface area contributed by atoms with Crippen molar-refractivity contribution in [1.29, 1.82) is 0 Å².